The van der Waals surface area contributed by atoms with E-state index in [9.17, 15) is 14.9 Å². The summed E-state index contributed by atoms with van der Waals surface area (Å²) in [6, 6.07) is 7.61. The number of aromatic nitrogens is 1. The van der Waals surface area contributed by atoms with Gasteiger partial charge < -0.3 is 0 Å². The van der Waals surface area contributed by atoms with E-state index in [1.807, 2.05) is 0 Å². The van der Waals surface area contributed by atoms with Gasteiger partial charge in [-0.05, 0) is 25.1 Å². The summed E-state index contributed by atoms with van der Waals surface area (Å²) in [7, 11) is 0. The SMILES string of the molecule is CC(=O)c1cc([N+](=O)[O-])ccc1Sc1ccc(Cl)cn1. The Hall–Kier alpha value is -1.92. The van der Waals surface area contributed by atoms with E-state index >= 15 is 0 Å². The molecule has 0 aliphatic rings. The minimum atomic E-state index is -0.526. The number of pyridine rings is 1. The van der Waals surface area contributed by atoms with Crippen LogP contribution in [0.15, 0.2) is 46.5 Å². The number of hydrogen-bond acceptors (Lipinski definition) is 5. The van der Waals surface area contributed by atoms with E-state index in [1.165, 1.54) is 37.0 Å². The van der Waals surface area contributed by atoms with E-state index in [0.29, 0.717) is 20.5 Å². The summed E-state index contributed by atoms with van der Waals surface area (Å²) in [5, 5.41) is 11.9. The first-order valence-corrected chi connectivity index (χ1v) is 6.75. The van der Waals surface area contributed by atoms with Crippen LogP contribution < -0.4 is 0 Å². The molecular formula is C13H9ClN2O3S. The lowest BCUT2D eigenvalue weighted by molar-refractivity contribution is -0.384. The van der Waals surface area contributed by atoms with Crippen LogP contribution in [0, 0.1) is 10.1 Å². The molecule has 0 bridgehead atoms. The monoisotopic (exact) mass is 308 g/mol. The van der Waals surface area contributed by atoms with Crippen LogP contribution in [0.3, 0.4) is 0 Å². The van der Waals surface area contributed by atoms with E-state index in [-0.39, 0.29) is 11.5 Å². The molecule has 1 aromatic carbocycles. The van der Waals surface area contributed by atoms with E-state index < -0.39 is 4.92 Å². The van der Waals surface area contributed by atoms with Gasteiger partial charge in [0.2, 0.25) is 0 Å². The van der Waals surface area contributed by atoms with Crippen molar-refractivity contribution < 1.29 is 9.72 Å². The highest BCUT2D eigenvalue weighted by atomic mass is 35.5. The van der Waals surface area contributed by atoms with E-state index in [0.717, 1.165) is 0 Å². The molecule has 102 valence electrons. The minimum absolute atomic E-state index is 0.108. The van der Waals surface area contributed by atoms with Gasteiger partial charge in [-0.2, -0.15) is 0 Å². The first-order valence-electron chi connectivity index (χ1n) is 5.56. The number of carbonyl (C=O) groups is 1. The number of ketones is 1. The maximum atomic E-state index is 11.6. The normalized spacial score (nSPS) is 10.3. The second-order valence-electron chi connectivity index (χ2n) is 3.91. The lowest BCUT2D eigenvalue weighted by Gasteiger charge is -2.06. The predicted molar refractivity (Wildman–Crippen MR) is 76.5 cm³/mol. The molecule has 1 heterocycles. The van der Waals surface area contributed by atoms with Crippen LogP contribution in [0.25, 0.3) is 0 Å². The Bertz CT molecular complexity index is 674. The predicted octanol–water partition coefficient (Wildman–Crippen LogP) is 4.00. The number of non-ortho nitro benzene ring substituents is 1. The maximum absolute atomic E-state index is 11.6. The molecule has 0 fully saturated rings. The number of Topliss-reactive ketones (excluding diaryl/α,β-unsaturated/α-hetero) is 1. The Balaban J connectivity index is 2.38. The molecule has 0 atom stereocenters. The molecule has 0 spiro atoms. The van der Waals surface area contributed by atoms with Crippen molar-refractivity contribution in [3.63, 3.8) is 0 Å². The van der Waals surface area contributed by atoms with Crippen molar-refractivity contribution in [1.82, 2.24) is 4.98 Å². The van der Waals surface area contributed by atoms with Crippen molar-refractivity contribution in [3.05, 3.63) is 57.2 Å². The molecule has 7 heteroatoms. The lowest BCUT2D eigenvalue weighted by atomic mass is 10.1. The first-order chi connectivity index (χ1) is 9.47. The molecular weight excluding hydrogens is 300 g/mol. The highest BCUT2D eigenvalue weighted by Crippen LogP contribution is 2.32. The zero-order valence-electron chi connectivity index (χ0n) is 10.4. The van der Waals surface area contributed by atoms with Crippen LogP contribution in [0.1, 0.15) is 17.3 Å². The summed E-state index contributed by atoms with van der Waals surface area (Å²) in [6.45, 7) is 1.37. The summed E-state index contributed by atoms with van der Waals surface area (Å²) in [5.74, 6) is -0.231. The second-order valence-corrected chi connectivity index (χ2v) is 5.41. The first kappa shape index (κ1) is 14.5. The number of halogens is 1. The largest absolute Gasteiger partial charge is 0.294 e. The lowest BCUT2D eigenvalue weighted by Crippen LogP contribution is -1.98. The quantitative estimate of drug-likeness (QED) is 0.485. The van der Waals surface area contributed by atoms with Crippen molar-refractivity contribution in [2.24, 2.45) is 0 Å². The molecule has 0 unspecified atom stereocenters. The Morgan fingerprint density at radius 1 is 1.35 bits per heavy atom. The van der Waals surface area contributed by atoms with Gasteiger partial charge in [0, 0.05) is 28.8 Å². The Morgan fingerprint density at radius 3 is 2.65 bits per heavy atom. The van der Waals surface area contributed by atoms with Crippen LogP contribution in [-0.4, -0.2) is 15.7 Å². The second kappa shape index (κ2) is 6.02. The van der Waals surface area contributed by atoms with E-state index in [4.69, 9.17) is 11.6 Å². The fourth-order valence-corrected chi connectivity index (χ4v) is 2.56. The molecule has 0 N–H and O–H groups in total. The zero-order valence-corrected chi connectivity index (χ0v) is 11.9. The summed E-state index contributed by atoms with van der Waals surface area (Å²) in [5.41, 5.74) is 0.199. The number of carbonyl (C=O) groups excluding carboxylic acids is 1. The topological polar surface area (TPSA) is 73.1 Å². The Kier molecular flexibility index (Phi) is 4.36. The average Bonchev–Trinajstić information content (AvgIpc) is 2.41. The number of nitro benzene ring substituents is 1. The number of nitro groups is 1. The van der Waals surface area contributed by atoms with Crippen LogP contribution >= 0.6 is 23.4 Å². The van der Waals surface area contributed by atoms with Gasteiger partial charge in [-0.1, -0.05) is 23.4 Å². The summed E-state index contributed by atoms with van der Waals surface area (Å²) >= 11 is 7.01. The van der Waals surface area contributed by atoms with Crippen molar-refractivity contribution in [2.45, 2.75) is 16.8 Å². The number of rotatable bonds is 4. The average molecular weight is 309 g/mol. The van der Waals surface area contributed by atoms with Gasteiger partial charge in [0.25, 0.3) is 5.69 Å². The molecule has 0 amide bonds. The van der Waals surface area contributed by atoms with Crippen molar-refractivity contribution >= 4 is 34.8 Å². The molecule has 20 heavy (non-hydrogen) atoms. The Morgan fingerprint density at radius 2 is 2.10 bits per heavy atom. The van der Waals surface area contributed by atoms with Crippen molar-refractivity contribution in [1.29, 1.82) is 0 Å². The van der Waals surface area contributed by atoms with Crippen molar-refractivity contribution in [3.8, 4) is 0 Å². The third kappa shape index (κ3) is 3.34. The van der Waals surface area contributed by atoms with Gasteiger partial charge in [0.15, 0.2) is 5.78 Å². The van der Waals surface area contributed by atoms with Gasteiger partial charge in [-0.3, -0.25) is 14.9 Å². The number of hydrogen-bond donors (Lipinski definition) is 0. The zero-order chi connectivity index (χ0) is 14.7. The van der Waals surface area contributed by atoms with Crippen LogP contribution in [0.4, 0.5) is 5.69 Å². The summed E-state index contributed by atoms with van der Waals surface area (Å²) in [6.07, 6.45) is 1.50. The van der Waals surface area contributed by atoms with Crippen molar-refractivity contribution in [2.75, 3.05) is 0 Å². The van der Waals surface area contributed by atoms with Gasteiger partial charge in [0.05, 0.1) is 9.95 Å². The molecule has 0 saturated heterocycles. The summed E-state index contributed by atoms with van der Waals surface area (Å²) < 4.78 is 0. The highest BCUT2D eigenvalue weighted by molar-refractivity contribution is 7.99. The van der Waals surface area contributed by atoms with Gasteiger partial charge >= 0.3 is 0 Å². The highest BCUT2D eigenvalue weighted by Gasteiger charge is 2.15. The van der Waals surface area contributed by atoms with E-state index in [1.54, 1.807) is 18.2 Å². The summed E-state index contributed by atoms with van der Waals surface area (Å²) in [4.78, 5) is 26.6. The molecule has 0 aliphatic carbocycles. The number of nitrogens with zero attached hydrogens (tertiary/aromatic N) is 2. The van der Waals surface area contributed by atoms with Crippen LogP contribution in [0.5, 0.6) is 0 Å². The third-order valence-corrected chi connectivity index (χ3v) is 3.72. The fraction of sp³-hybridized carbons (Fsp3) is 0.0769. The molecule has 0 radical (unpaired) electrons. The van der Waals surface area contributed by atoms with E-state index in [2.05, 4.69) is 4.98 Å². The number of benzene rings is 1. The van der Waals surface area contributed by atoms with Gasteiger partial charge in [-0.25, -0.2) is 4.98 Å². The van der Waals surface area contributed by atoms with Gasteiger partial charge in [0.1, 0.15) is 5.03 Å². The minimum Gasteiger partial charge on any atom is -0.294 e. The molecule has 2 aromatic rings. The van der Waals surface area contributed by atoms with Gasteiger partial charge in [-0.15, -0.1) is 0 Å². The Labute approximate surface area is 124 Å². The standard InChI is InChI=1S/C13H9ClN2O3S/c1-8(17)11-6-10(16(18)19)3-4-12(11)20-13-5-2-9(14)7-15-13/h2-7H,1H3. The maximum Gasteiger partial charge on any atom is 0.270 e. The third-order valence-electron chi connectivity index (χ3n) is 2.47. The smallest absolute Gasteiger partial charge is 0.270 e. The fourth-order valence-electron chi connectivity index (χ4n) is 1.53. The van der Waals surface area contributed by atoms with Crippen LogP contribution in [0.2, 0.25) is 5.02 Å². The van der Waals surface area contributed by atoms with Crippen LogP contribution in [-0.2, 0) is 0 Å². The molecule has 0 aliphatic heterocycles. The molecule has 0 saturated carbocycles. The molecule has 1 aromatic heterocycles. The molecule has 5 nitrogen and oxygen atoms in total. The molecule has 2 rings (SSSR count).